The maximum atomic E-state index is 11.5. The Morgan fingerprint density at radius 3 is 2.33 bits per heavy atom. The third-order valence-corrected chi connectivity index (χ3v) is 2.89. The van der Waals surface area contributed by atoms with Crippen molar-refractivity contribution in [2.45, 2.75) is 65.8 Å². The van der Waals surface area contributed by atoms with Crippen molar-refractivity contribution < 1.29 is 9.59 Å². The molecule has 0 fully saturated rings. The fraction of sp³-hybridized carbons (Fsp3) is 0.857. The molecule has 1 amide bonds. The van der Waals surface area contributed by atoms with E-state index in [1.807, 2.05) is 0 Å². The first-order valence-electron chi connectivity index (χ1n) is 6.75. The number of rotatable bonds is 8. The standard InChI is InChI=1S/C14H28N2O2/c1-11(17)12(15)7-5-6-10-16-13(18)8-9-14(2,3)4/h12H,5-10,15H2,1-4H3,(H,16,18)/t12-/m0/s1. The Hall–Kier alpha value is -0.900. The minimum Gasteiger partial charge on any atom is -0.356 e. The molecule has 3 N–H and O–H groups in total. The number of hydrogen-bond donors (Lipinski definition) is 2. The fourth-order valence-corrected chi connectivity index (χ4v) is 1.50. The Bertz CT molecular complexity index is 269. The molecule has 0 bridgehead atoms. The van der Waals surface area contributed by atoms with Gasteiger partial charge in [0, 0.05) is 13.0 Å². The minimum atomic E-state index is -0.346. The SMILES string of the molecule is CC(=O)[C@@H](N)CCCCNC(=O)CCC(C)(C)C. The third kappa shape index (κ3) is 10.3. The molecular weight excluding hydrogens is 228 g/mol. The van der Waals surface area contributed by atoms with Crippen LogP contribution in [-0.4, -0.2) is 24.3 Å². The first kappa shape index (κ1) is 17.1. The maximum Gasteiger partial charge on any atom is 0.220 e. The first-order valence-corrected chi connectivity index (χ1v) is 6.75. The van der Waals surface area contributed by atoms with Crippen LogP contribution in [0.2, 0.25) is 0 Å². The van der Waals surface area contributed by atoms with E-state index in [-0.39, 0.29) is 23.1 Å². The van der Waals surface area contributed by atoms with Crippen molar-refractivity contribution >= 4 is 11.7 Å². The molecule has 0 unspecified atom stereocenters. The molecule has 0 rings (SSSR count). The largest absolute Gasteiger partial charge is 0.356 e. The van der Waals surface area contributed by atoms with Crippen LogP contribution in [0.25, 0.3) is 0 Å². The quantitative estimate of drug-likeness (QED) is 0.653. The van der Waals surface area contributed by atoms with Crippen LogP contribution in [0.1, 0.15) is 59.8 Å². The number of nitrogens with two attached hydrogens (primary N) is 1. The van der Waals surface area contributed by atoms with E-state index in [0.29, 0.717) is 19.4 Å². The van der Waals surface area contributed by atoms with Gasteiger partial charge < -0.3 is 11.1 Å². The summed E-state index contributed by atoms with van der Waals surface area (Å²) in [6.45, 7) is 8.57. The summed E-state index contributed by atoms with van der Waals surface area (Å²) < 4.78 is 0. The van der Waals surface area contributed by atoms with Crippen molar-refractivity contribution in [1.82, 2.24) is 5.32 Å². The van der Waals surface area contributed by atoms with Gasteiger partial charge in [0.1, 0.15) is 5.78 Å². The van der Waals surface area contributed by atoms with Crippen LogP contribution in [0, 0.1) is 5.41 Å². The molecule has 0 heterocycles. The summed E-state index contributed by atoms with van der Waals surface area (Å²) in [6, 6.07) is -0.346. The zero-order valence-corrected chi connectivity index (χ0v) is 12.2. The second-order valence-electron chi connectivity index (χ2n) is 6.12. The molecule has 18 heavy (non-hydrogen) atoms. The van der Waals surface area contributed by atoms with Crippen molar-refractivity contribution in [1.29, 1.82) is 0 Å². The molecule has 0 spiro atoms. The summed E-state index contributed by atoms with van der Waals surface area (Å²) in [4.78, 5) is 22.4. The van der Waals surface area contributed by atoms with E-state index < -0.39 is 0 Å². The Morgan fingerprint density at radius 1 is 1.22 bits per heavy atom. The average Bonchev–Trinajstić information content (AvgIpc) is 2.24. The molecule has 4 heteroatoms. The van der Waals surface area contributed by atoms with Crippen LogP contribution >= 0.6 is 0 Å². The second kappa shape index (κ2) is 8.25. The summed E-state index contributed by atoms with van der Waals surface area (Å²) in [5.41, 5.74) is 5.82. The van der Waals surface area contributed by atoms with Gasteiger partial charge in [-0.25, -0.2) is 0 Å². The Kier molecular flexibility index (Phi) is 7.83. The highest BCUT2D eigenvalue weighted by Gasteiger charge is 2.12. The molecule has 106 valence electrons. The molecule has 0 aromatic heterocycles. The van der Waals surface area contributed by atoms with Crippen LogP contribution < -0.4 is 11.1 Å². The molecule has 0 aliphatic carbocycles. The topological polar surface area (TPSA) is 72.2 Å². The summed E-state index contributed by atoms with van der Waals surface area (Å²) in [5, 5.41) is 2.89. The van der Waals surface area contributed by atoms with Gasteiger partial charge in [-0.1, -0.05) is 20.8 Å². The molecule has 0 aliphatic rings. The van der Waals surface area contributed by atoms with Crippen molar-refractivity contribution in [2.24, 2.45) is 11.1 Å². The summed E-state index contributed by atoms with van der Waals surface area (Å²) in [7, 11) is 0. The zero-order valence-electron chi connectivity index (χ0n) is 12.2. The number of unbranched alkanes of at least 4 members (excludes halogenated alkanes) is 1. The van der Waals surface area contributed by atoms with Gasteiger partial charge >= 0.3 is 0 Å². The summed E-state index contributed by atoms with van der Waals surface area (Å²) in [6.07, 6.45) is 3.93. The maximum absolute atomic E-state index is 11.5. The van der Waals surface area contributed by atoms with Crippen LogP contribution in [-0.2, 0) is 9.59 Å². The Balaban J connectivity index is 3.49. The van der Waals surface area contributed by atoms with E-state index in [4.69, 9.17) is 5.73 Å². The van der Waals surface area contributed by atoms with Crippen molar-refractivity contribution in [3.63, 3.8) is 0 Å². The van der Waals surface area contributed by atoms with E-state index in [1.165, 1.54) is 6.92 Å². The van der Waals surface area contributed by atoms with E-state index in [9.17, 15) is 9.59 Å². The van der Waals surface area contributed by atoms with Gasteiger partial charge in [0.2, 0.25) is 5.91 Å². The normalized spacial score (nSPS) is 13.2. The van der Waals surface area contributed by atoms with E-state index >= 15 is 0 Å². The predicted molar refractivity (Wildman–Crippen MR) is 74.2 cm³/mol. The lowest BCUT2D eigenvalue weighted by Gasteiger charge is -2.17. The third-order valence-electron chi connectivity index (χ3n) is 2.89. The highest BCUT2D eigenvalue weighted by Crippen LogP contribution is 2.20. The van der Waals surface area contributed by atoms with Crippen molar-refractivity contribution in [3.05, 3.63) is 0 Å². The molecular formula is C14H28N2O2. The second-order valence-corrected chi connectivity index (χ2v) is 6.12. The van der Waals surface area contributed by atoms with E-state index in [0.717, 1.165) is 19.3 Å². The van der Waals surface area contributed by atoms with Gasteiger partial charge in [-0.3, -0.25) is 9.59 Å². The molecule has 0 aromatic rings. The Morgan fingerprint density at radius 2 is 1.83 bits per heavy atom. The number of carbonyl (C=O) groups is 2. The monoisotopic (exact) mass is 256 g/mol. The average molecular weight is 256 g/mol. The first-order chi connectivity index (χ1) is 8.22. The minimum absolute atomic E-state index is 0.0317. The highest BCUT2D eigenvalue weighted by atomic mass is 16.1. The fourth-order valence-electron chi connectivity index (χ4n) is 1.50. The van der Waals surface area contributed by atoms with Crippen LogP contribution in [0.5, 0.6) is 0 Å². The lowest BCUT2D eigenvalue weighted by Crippen LogP contribution is -2.29. The Labute approximate surface area is 111 Å². The summed E-state index contributed by atoms with van der Waals surface area (Å²) in [5.74, 6) is 0.144. The van der Waals surface area contributed by atoms with Gasteiger partial charge in [0.25, 0.3) is 0 Å². The molecule has 0 aliphatic heterocycles. The predicted octanol–water partition coefficient (Wildman–Crippen LogP) is 2.02. The van der Waals surface area contributed by atoms with E-state index in [1.54, 1.807) is 0 Å². The zero-order chi connectivity index (χ0) is 14.2. The lowest BCUT2D eigenvalue weighted by molar-refractivity contribution is -0.121. The number of carbonyl (C=O) groups excluding carboxylic acids is 2. The van der Waals surface area contributed by atoms with Crippen molar-refractivity contribution in [3.8, 4) is 0 Å². The van der Waals surface area contributed by atoms with Gasteiger partial charge in [-0.2, -0.15) is 0 Å². The van der Waals surface area contributed by atoms with Crippen LogP contribution in [0.4, 0.5) is 0 Å². The molecule has 1 atom stereocenters. The van der Waals surface area contributed by atoms with Gasteiger partial charge in [0.05, 0.1) is 6.04 Å². The molecule has 0 radical (unpaired) electrons. The molecule has 0 saturated heterocycles. The number of Topliss-reactive ketones (excluding diaryl/α,β-unsaturated/α-hetero) is 1. The van der Waals surface area contributed by atoms with Gasteiger partial charge in [0.15, 0.2) is 0 Å². The number of nitrogens with one attached hydrogen (secondary N) is 1. The van der Waals surface area contributed by atoms with Crippen LogP contribution in [0.3, 0.4) is 0 Å². The number of amides is 1. The number of hydrogen-bond acceptors (Lipinski definition) is 3. The van der Waals surface area contributed by atoms with Gasteiger partial charge in [-0.15, -0.1) is 0 Å². The number of ketones is 1. The molecule has 0 saturated carbocycles. The van der Waals surface area contributed by atoms with Gasteiger partial charge in [-0.05, 0) is 38.0 Å². The molecule has 0 aromatic carbocycles. The highest BCUT2D eigenvalue weighted by molar-refractivity contribution is 5.81. The van der Waals surface area contributed by atoms with E-state index in [2.05, 4.69) is 26.1 Å². The molecule has 4 nitrogen and oxygen atoms in total. The lowest BCUT2D eigenvalue weighted by atomic mass is 9.90. The van der Waals surface area contributed by atoms with Crippen molar-refractivity contribution in [2.75, 3.05) is 6.54 Å². The van der Waals surface area contributed by atoms with Crippen LogP contribution in [0.15, 0.2) is 0 Å². The smallest absolute Gasteiger partial charge is 0.220 e. The summed E-state index contributed by atoms with van der Waals surface area (Å²) >= 11 is 0.